The number of hydrogen-bond acceptors (Lipinski definition) is 5. The Morgan fingerprint density at radius 3 is 2.64 bits per heavy atom. The van der Waals surface area contributed by atoms with Gasteiger partial charge in [-0.3, -0.25) is 9.36 Å². The van der Waals surface area contributed by atoms with Crippen molar-refractivity contribution in [3.8, 4) is 0 Å². The highest BCUT2D eigenvalue weighted by molar-refractivity contribution is 5.29. The summed E-state index contributed by atoms with van der Waals surface area (Å²) < 4.78 is 2.09. The van der Waals surface area contributed by atoms with E-state index in [9.17, 15) is 9.59 Å². The Morgan fingerprint density at radius 2 is 2.07 bits per heavy atom. The third-order valence-electron chi connectivity index (χ3n) is 1.76. The van der Waals surface area contributed by atoms with Crippen LogP contribution >= 0.6 is 0 Å². The summed E-state index contributed by atoms with van der Waals surface area (Å²) in [5, 5.41) is 6.52. The molecule has 1 aromatic heterocycles. The van der Waals surface area contributed by atoms with Crippen molar-refractivity contribution >= 4 is 5.82 Å². The maximum absolute atomic E-state index is 11.4. The topological polar surface area (TPSA) is 94.9 Å². The molecule has 0 aliphatic rings. The number of nitrogens with one attached hydrogen (secondary N) is 1. The molecule has 0 saturated heterocycles. The molecule has 14 heavy (non-hydrogen) atoms. The van der Waals surface area contributed by atoms with Crippen LogP contribution in [-0.2, 0) is 14.1 Å². The van der Waals surface area contributed by atoms with E-state index in [1.54, 1.807) is 0 Å². The average molecular weight is 199 g/mol. The van der Waals surface area contributed by atoms with Gasteiger partial charge in [0.05, 0.1) is 0 Å². The van der Waals surface area contributed by atoms with Crippen LogP contribution in [-0.4, -0.2) is 27.4 Å². The molecule has 0 aliphatic heterocycles. The predicted molar refractivity (Wildman–Crippen MR) is 52.3 cm³/mol. The Labute approximate surface area is 80.2 Å². The Balaban J connectivity index is 3.20. The molecule has 0 aromatic carbocycles. The first-order valence-electron chi connectivity index (χ1n) is 4.16. The summed E-state index contributed by atoms with van der Waals surface area (Å²) in [5.41, 5.74) is 4.37. The lowest BCUT2D eigenvalue weighted by atomic mass is 10.6. The zero-order valence-corrected chi connectivity index (χ0v) is 8.15. The van der Waals surface area contributed by atoms with Crippen molar-refractivity contribution in [2.24, 2.45) is 19.8 Å². The average Bonchev–Trinajstić information content (AvgIpc) is 2.18. The summed E-state index contributed by atoms with van der Waals surface area (Å²) in [6, 6.07) is 0. The standard InChI is InChI=1S/C7H13N5O2/c1-11-6(13)5(9-4-3-8)10-12(2)7(11)14/h3-4,8H2,1-2H3,(H,9,10). The van der Waals surface area contributed by atoms with E-state index in [1.807, 2.05) is 0 Å². The van der Waals surface area contributed by atoms with Crippen molar-refractivity contribution in [3.05, 3.63) is 20.8 Å². The maximum Gasteiger partial charge on any atom is 0.346 e. The van der Waals surface area contributed by atoms with Crippen LogP contribution in [0.15, 0.2) is 9.59 Å². The molecule has 7 heteroatoms. The van der Waals surface area contributed by atoms with Crippen molar-refractivity contribution in [1.82, 2.24) is 14.3 Å². The van der Waals surface area contributed by atoms with Crippen LogP contribution in [0.1, 0.15) is 0 Å². The van der Waals surface area contributed by atoms with Gasteiger partial charge >= 0.3 is 5.69 Å². The van der Waals surface area contributed by atoms with E-state index < -0.39 is 11.2 Å². The third kappa shape index (κ3) is 1.82. The summed E-state index contributed by atoms with van der Waals surface area (Å²) in [5.74, 6) is 0.139. The summed E-state index contributed by atoms with van der Waals surface area (Å²) in [6.45, 7) is 0.841. The van der Waals surface area contributed by atoms with Gasteiger partial charge < -0.3 is 11.1 Å². The first-order valence-corrected chi connectivity index (χ1v) is 4.16. The Morgan fingerprint density at radius 1 is 1.43 bits per heavy atom. The molecule has 0 bridgehead atoms. The molecular weight excluding hydrogens is 186 g/mol. The first-order chi connectivity index (χ1) is 6.57. The highest BCUT2D eigenvalue weighted by Gasteiger charge is 2.06. The second-order valence-electron chi connectivity index (χ2n) is 2.83. The van der Waals surface area contributed by atoms with Crippen LogP contribution in [0, 0.1) is 0 Å². The molecule has 78 valence electrons. The zero-order chi connectivity index (χ0) is 10.7. The minimum Gasteiger partial charge on any atom is -0.363 e. The molecule has 1 rings (SSSR count). The van der Waals surface area contributed by atoms with Crippen molar-refractivity contribution in [3.63, 3.8) is 0 Å². The third-order valence-corrected chi connectivity index (χ3v) is 1.76. The van der Waals surface area contributed by atoms with Crippen molar-refractivity contribution in [1.29, 1.82) is 0 Å². The van der Waals surface area contributed by atoms with Gasteiger partial charge in [-0.2, -0.15) is 0 Å². The Hall–Kier alpha value is -1.63. The van der Waals surface area contributed by atoms with Gasteiger partial charge in [0.15, 0.2) is 0 Å². The van der Waals surface area contributed by atoms with Crippen LogP contribution in [0.5, 0.6) is 0 Å². The van der Waals surface area contributed by atoms with E-state index in [0.717, 1.165) is 9.25 Å². The summed E-state index contributed by atoms with van der Waals surface area (Å²) >= 11 is 0. The van der Waals surface area contributed by atoms with Gasteiger partial charge in [0.1, 0.15) is 0 Å². The molecule has 7 nitrogen and oxygen atoms in total. The van der Waals surface area contributed by atoms with Gasteiger partial charge in [-0.1, -0.05) is 0 Å². The van der Waals surface area contributed by atoms with Gasteiger partial charge in [-0.05, 0) is 0 Å². The Bertz CT molecular complexity index is 433. The molecule has 1 aromatic rings. The van der Waals surface area contributed by atoms with Crippen LogP contribution in [0.3, 0.4) is 0 Å². The Kier molecular flexibility index (Phi) is 3.03. The molecule has 0 fully saturated rings. The van der Waals surface area contributed by atoms with Gasteiger partial charge in [0.2, 0.25) is 5.82 Å². The fourth-order valence-electron chi connectivity index (χ4n) is 1.000. The number of hydrogen-bond donors (Lipinski definition) is 2. The van der Waals surface area contributed by atoms with Crippen LogP contribution in [0.25, 0.3) is 0 Å². The van der Waals surface area contributed by atoms with Gasteiger partial charge in [-0.15, -0.1) is 5.10 Å². The van der Waals surface area contributed by atoms with E-state index >= 15 is 0 Å². The lowest BCUT2D eigenvalue weighted by Gasteiger charge is -2.06. The number of nitrogens with two attached hydrogens (primary N) is 1. The van der Waals surface area contributed by atoms with Gasteiger partial charge in [-0.25, -0.2) is 9.48 Å². The lowest BCUT2D eigenvalue weighted by molar-refractivity contribution is 0.604. The minimum absolute atomic E-state index is 0.139. The SMILES string of the molecule is Cn1nc(NCCN)c(=O)n(C)c1=O. The molecule has 0 saturated carbocycles. The lowest BCUT2D eigenvalue weighted by Crippen LogP contribution is -2.40. The summed E-state index contributed by atoms with van der Waals surface area (Å²) in [6.07, 6.45) is 0. The number of aryl methyl sites for hydroxylation is 1. The second kappa shape index (κ2) is 4.05. The van der Waals surface area contributed by atoms with Gasteiger partial charge in [0.25, 0.3) is 5.56 Å². The number of anilines is 1. The minimum atomic E-state index is -0.451. The van der Waals surface area contributed by atoms with Crippen molar-refractivity contribution in [2.45, 2.75) is 0 Å². The van der Waals surface area contributed by atoms with E-state index in [0.29, 0.717) is 13.1 Å². The van der Waals surface area contributed by atoms with E-state index in [1.165, 1.54) is 14.1 Å². The molecule has 0 radical (unpaired) electrons. The quantitative estimate of drug-likeness (QED) is 0.578. The maximum atomic E-state index is 11.4. The molecule has 3 N–H and O–H groups in total. The first kappa shape index (κ1) is 10.5. The molecular formula is C7H13N5O2. The zero-order valence-electron chi connectivity index (χ0n) is 8.15. The van der Waals surface area contributed by atoms with E-state index in [4.69, 9.17) is 5.73 Å². The monoisotopic (exact) mass is 199 g/mol. The number of rotatable bonds is 3. The largest absolute Gasteiger partial charge is 0.363 e. The van der Waals surface area contributed by atoms with Crippen molar-refractivity contribution in [2.75, 3.05) is 18.4 Å². The molecule has 0 spiro atoms. The second-order valence-corrected chi connectivity index (χ2v) is 2.83. The van der Waals surface area contributed by atoms with Crippen molar-refractivity contribution < 1.29 is 0 Å². The molecule has 0 atom stereocenters. The highest BCUT2D eigenvalue weighted by Crippen LogP contribution is 1.86. The fraction of sp³-hybridized carbons (Fsp3) is 0.571. The van der Waals surface area contributed by atoms with Gasteiger partial charge in [0, 0.05) is 27.2 Å². The molecule has 0 aliphatic carbocycles. The van der Waals surface area contributed by atoms with Crippen LogP contribution in [0.2, 0.25) is 0 Å². The molecule has 0 amide bonds. The predicted octanol–water partition coefficient (Wildman–Crippen LogP) is -2.15. The number of aromatic nitrogens is 3. The van der Waals surface area contributed by atoms with Crippen LogP contribution in [0.4, 0.5) is 5.82 Å². The normalized spacial score (nSPS) is 10.2. The summed E-state index contributed by atoms with van der Waals surface area (Å²) in [4.78, 5) is 22.7. The molecule has 1 heterocycles. The smallest absolute Gasteiger partial charge is 0.346 e. The van der Waals surface area contributed by atoms with E-state index in [-0.39, 0.29) is 5.82 Å². The number of nitrogens with zero attached hydrogens (tertiary/aromatic N) is 3. The highest BCUT2D eigenvalue weighted by atomic mass is 16.2. The molecule has 0 unspecified atom stereocenters. The summed E-state index contributed by atoms with van der Waals surface area (Å²) in [7, 11) is 2.88. The fourth-order valence-corrected chi connectivity index (χ4v) is 1.000. The van der Waals surface area contributed by atoms with Crippen LogP contribution < -0.4 is 22.3 Å². The van der Waals surface area contributed by atoms with E-state index in [2.05, 4.69) is 10.4 Å².